The Balaban J connectivity index is 1.87. The number of primary amides is 1. The molecule has 1 saturated carbocycles. The molecule has 102 valence electrons. The lowest BCUT2D eigenvalue weighted by atomic mass is 10.2. The highest BCUT2D eigenvalue weighted by Crippen LogP contribution is 2.19. The van der Waals surface area contributed by atoms with Crippen LogP contribution in [0.15, 0.2) is 12.3 Å². The van der Waals surface area contributed by atoms with Crippen LogP contribution in [-0.2, 0) is 4.79 Å². The van der Waals surface area contributed by atoms with Crippen molar-refractivity contribution in [1.29, 1.82) is 0 Å². The van der Waals surface area contributed by atoms with E-state index in [1.54, 1.807) is 0 Å². The highest BCUT2D eigenvalue weighted by Gasteiger charge is 2.22. The predicted octanol–water partition coefficient (Wildman–Crippen LogP) is -0.157. The molecule has 0 unspecified atom stereocenters. The number of nitrogens with one attached hydrogen (secondary N) is 2. The van der Waals surface area contributed by atoms with Crippen molar-refractivity contribution >= 4 is 23.3 Å². The first-order chi connectivity index (χ1) is 9.06. The van der Waals surface area contributed by atoms with E-state index in [2.05, 4.69) is 15.6 Å². The van der Waals surface area contributed by atoms with Gasteiger partial charge in [0.2, 0.25) is 5.91 Å². The highest BCUT2D eigenvalue weighted by atomic mass is 16.2. The SMILES string of the molecule is NC(=O)c1cc(N)ncc1NCCC(=O)NC1CC1. The van der Waals surface area contributed by atoms with Crippen molar-refractivity contribution in [2.45, 2.75) is 25.3 Å². The van der Waals surface area contributed by atoms with Gasteiger partial charge in [0.25, 0.3) is 5.91 Å². The fourth-order valence-electron chi connectivity index (χ4n) is 1.65. The molecule has 7 heteroatoms. The number of hydrogen-bond donors (Lipinski definition) is 4. The zero-order valence-electron chi connectivity index (χ0n) is 10.5. The summed E-state index contributed by atoms with van der Waals surface area (Å²) in [5.41, 5.74) is 11.5. The number of hydrogen-bond acceptors (Lipinski definition) is 5. The van der Waals surface area contributed by atoms with Gasteiger partial charge < -0.3 is 22.1 Å². The first-order valence-electron chi connectivity index (χ1n) is 6.15. The lowest BCUT2D eigenvalue weighted by Gasteiger charge is -2.10. The number of amides is 2. The lowest BCUT2D eigenvalue weighted by molar-refractivity contribution is -0.120. The van der Waals surface area contributed by atoms with Crippen LogP contribution in [0.25, 0.3) is 0 Å². The molecule has 2 rings (SSSR count). The molecule has 1 aromatic rings. The summed E-state index contributed by atoms with van der Waals surface area (Å²) in [6.45, 7) is 0.407. The molecule has 0 spiro atoms. The van der Waals surface area contributed by atoms with Crippen LogP contribution in [0.2, 0.25) is 0 Å². The number of anilines is 2. The zero-order chi connectivity index (χ0) is 13.8. The monoisotopic (exact) mass is 263 g/mol. The lowest BCUT2D eigenvalue weighted by Crippen LogP contribution is -2.27. The summed E-state index contributed by atoms with van der Waals surface area (Å²) in [5.74, 6) is -0.358. The largest absolute Gasteiger partial charge is 0.384 e. The number of pyridine rings is 1. The van der Waals surface area contributed by atoms with Gasteiger partial charge in [0.1, 0.15) is 5.82 Å². The number of aromatic nitrogens is 1. The first-order valence-corrected chi connectivity index (χ1v) is 6.15. The minimum Gasteiger partial charge on any atom is -0.384 e. The molecule has 1 fully saturated rings. The topological polar surface area (TPSA) is 123 Å². The Bertz CT molecular complexity index is 499. The van der Waals surface area contributed by atoms with E-state index in [1.807, 2.05) is 0 Å². The Labute approximate surface area is 110 Å². The molecule has 19 heavy (non-hydrogen) atoms. The second-order valence-corrected chi connectivity index (χ2v) is 4.54. The van der Waals surface area contributed by atoms with Crippen LogP contribution in [0.3, 0.4) is 0 Å². The third-order valence-electron chi connectivity index (χ3n) is 2.80. The number of carbonyl (C=O) groups excluding carboxylic acids is 2. The van der Waals surface area contributed by atoms with Crippen LogP contribution >= 0.6 is 0 Å². The van der Waals surface area contributed by atoms with Gasteiger partial charge in [0.15, 0.2) is 0 Å². The molecule has 0 radical (unpaired) electrons. The summed E-state index contributed by atoms with van der Waals surface area (Å²) in [4.78, 5) is 26.6. The molecular formula is C12H17N5O2. The van der Waals surface area contributed by atoms with Gasteiger partial charge in [-0.25, -0.2) is 4.98 Å². The van der Waals surface area contributed by atoms with Crippen molar-refractivity contribution in [1.82, 2.24) is 10.3 Å². The number of carbonyl (C=O) groups is 2. The van der Waals surface area contributed by atoms with Gasteiger partial charge >= 0.3 is 0 Å². The molecule has 0 saturated heterocycles. The molecule has 2 amide bonds. The normalized spacial score (nSPS) is 13.9. The predicted molar refractivity (Wildman–Crippen MR) is 71.4 cm³/mol. The van der Waals surface area contributed by atoms with E-state index in [9.17, 15) is 9.59 Å². The summed E-state index contributed by atoms with van der Waals surface area (Å²) < 4.78 is 0. The fourth-order valence-corrected chi connectivity index (χ4v) is 1.65. The van der Waals surface area contributed by atoms with Crippen molar-refractivity contribution in [3.63, 3.8) is 0 Å². The van der Waals surface area contributed by atoms with Gasteiger partial charge in [-0.2, -0.15) is 0 Å². The van der Waals surface area contributed by atoms with E-state index >= 15 is 0 Å². The number of nitrogen functional groups attached to an aromatic ring is 1. The standard InChI is InChI=1S/C12H17N5O2/c13-10-5-8(12(14)19)9(6-16-10)15-4-3-11(18)17-7-1-2-7/h5-7,15H,1-4H2,(H2,13,16)(H2,14,19)(H,17,18). The van der Waals surface area contributed by atoms with Crippen molar-refractivity contribution in [2.75, 3.05) is 17.6 Å². The third-order valence-corrected chi connectivity index (χ3v) is 2.80. The maximum absolute atomic E-state index is 11.5. The van der Waals surface area contributed by atoms with Crippen LogP contribution in [-0.4, -0.2) is 29.4 Å². The Hall–Kier alpha value is -2.31. The van der Waals surface area contributed by atoms with Crippen LogP contribution in [0, 0.1) is 0 Å². The van der Waals surface area contributed by atoms with E-state index in [0.29, 0.717) is 24.7 Å². The average Bonchev–Trinajstić information content (AvgIpc) is 3.14. The molecule has 0 aromatic carbocycles. The van der Waals surface area contributed by atoms with E-state index in [-0.39, 0.29) is 17.3 Å². The van der Waals surface area contributed by atoms with E-state index in [1.165, 1.54) is 12.3 Å². The van der Waals surface area contributed by atoms with Crippen molar-refractivity contribution in [3.05, 3.63) is 17.8 Å². The summed E-state index contributed by atoms with van der Waals surface area (Å²) >= 11 is 0. The zero-order valence-corrected chi connectivity index (χ0v) is 10.5. The van der Waals surface area contributed by atoms with Gasteiger partial charge in [0, 0.05) is 19.0 Å². The minimum atomic E-state index is -0.584. The Morgan fingerprint density at radius 1 is 1.42 bits per heavy atom. The molecule has 7 nitrogen and oxygen atoms in total. The quantitative estimate of drug-likeness (QED) is 0.568. The number of nitrogens with zero attached hydrogens (tertiary/aromatic N) is 1. The van der Waals surface area contributed by atoms with E-state index in [4.69, 9.17) is 11.5 Å². The van der Waals surface area contributed by atoms with Crippen LogP contribution in [0.1, 0.15) is 29.6 Å². The molecule has 1 aliphatic carbocycles. The molecule has 0 bridgehead atoms. The number of rotatable bonds is 6. The van der Waals surface area contributed by atoms with Gasteiger partial charge in [0.05, 0.1) is 17.4 Å². The van der Waals surface area contributed by atoms with Gasteiger partial charge in [-0.05, 0) is 18.9 Å². The van der Waals surface area contributed by atoms with Crippen molar-refractivity contribution in [2.24, 2.45) is 5.73 Å². The van der Waals surface area contributed by atoms with E-state index in [0.717, 1.165) is 12.8 Å². The second kappa shape index (κ2) is 5.55. The third kappa shape index (κ3) is 3.84. The summed E-state index contributed by atoms with van der Waals surface area (Å²) in [6, 6.07) is 1.77. The Kier molecular flexibility index (Phi) is 3.84. The van der Waals surface area contributed by atoms with Gasteiger partial charge in [-0.15, -0.1) is 0 Å². The first kappa shape index (κ1) is 13.1. The highest BCUT2D eigenvalue weighted by molar-refractivity contribution is 5.99. The Morgan fingerprint density at radius 2 is 2.16 bits per heavy atom. The summed E-state index contributed by atoms with van der Waals surface area (Å²) in [5, 5.41) is 5.85. The summed E-state index contributed by atoms with van der Waals surface area (Å²) in [6.07, 6.45) is 3.90. The van der Waals surface area contributed by atoms with Gasteiger partial charge in [-0.3, -0.25) is 9.59 Å². The molecule has 1 heterocycles. The van der Waals surface area contributed by atoms with E-state index < -0.39 is 5.91 Å². The van der Waals surface area contributed by atoms with Crippen molar-refractivity contribution in [3.8, 4) is 0 Å². The molecule has 0 aliphatic heterocycles. The molecule has 6 N–H and O–H groups in total. The maximum atomic E-state index is 11.5. The van der Waals surface area contributed by atoms with Crippen LogP contribution in [0.4, 0.5) is 11.5 Å². The summed E-state index contributed by atoms with van der Waals surface area (Å²) in [7, 11) is 0. The Morgan fingerprint density at radius 3 is 2.79 bits per heavy atom. The smallest absolute Gasteiger partial charge is 0.250 e. The number of nitrogens with two attached hydrogens (primary N) is 2. The molecule has 0 atom stereocenters. The fraction of sp³-hybridized carbons (Fsp3) is 0.417. The van der Waals surface area contributed by atoms with Crippen LogP contribution < -0.4 is 22.1 Å². The molecule has 1 aliphatic rings. The molecular weight excluding hydrogens is 246 g/mol. The maximum Gasteiger partial charge on any atom is 0.250 e. The molecule has 1 aromatic heterocycles. The second-order valence-electron chi connectivity index (χ2n) is 4.54. The van der Waals surface area contributed by atoms with Gasteiger partial charge in [-0.1, -0.05) is 0 Å². The van der Waals surface area contributed by atoms with Crippen LogP contribution in [0.5, 0.6) is 0 Å². The average molecular weight is 263 g/mol. The minimum absolute atomic E-state index is 0.000899. The van der Waals surface area contributed by atoms with Crippen molar-refractivity contribution < 1.29 is 9.59 Å².